The molecule has 0 saturated heterocycles. The molecule has 1 aliphatic carbocycles. The van der Waals surface area contributed by atoms with Gasteiger partial charge in [-0.2, -0.15) is 0 Å². The van der Waals surface area contributed by atoms with Gasteiger partial charge in [0.05, 0.1) is 12.7 Å². The summed E-state index contributed by atoms with van der Waals surface area (Å²) >= 11 is 0. The molecule has 18 heavy (non-hydrogen) atoms. The maximum atomic E-state index is 5.80. The van der Waals surface area contributed by atoms with E-state index in [2.05, 4.69) is 29.1 Å². The predicted octanol–water partition coefficient (Wildman–Crippen LogP) is 2.97. The number of hydrogen-bond acceptors (Lipinski definition) is 4. The number of nitrogens with one attached hydrogen (secondary N) is 1. The van der Waals surface area contributed by atoms with Crippen molar-refractivity contribution in [1.82, 2.24) is 9.97 Å². The van der Waals surface area contributed by atoms with Gasteiger partial charge in [0.2, 0.25) is 0 Å². The molecule has 1 aliphatic rings. The standard InChI is InChI=1S/C14H23N3O/c1-11(2)13-9-14(17-10-16-13)15-7-8-18-12-5-3-4-6-12/h9-12H,3-8H2,1-2H3,(H,15,16,17). The molecule has 0 spiro atoms. The highest BCUT2D eigenvalue weighted by atomic mass is 16.5. The maximum absolute atomic E-state index is 5.80. The lowest BCUT2D eigenvalue weighted by atomic mass is 10.1. The van der Waals surface area contributed by atoms with Crippen LogP contribution in [0.3, 0.4) is 0 Å². The van der Waals surface area contributed by atoms with Crippen molar-refractivity contribution in [1.29, 1.82) is 0 Å². The van der Waals surface area contributed by atoms with E-state index < -0.39 is 0 Å². The highest BCUT2D eigenvalue weighted by Crippen LogP contribution is 2.20. The van der Waals surface area contributed by atoms with Gasteiger partial charge in [-0.25, -0.2) is 9.97 Å². The van der Waals surface area contributed by atoms with Crippen LogP contribution in [0.15, 0.2) is 12.4 Å². The summed E-state index contributed by atoms with van der Waals surface area (Å²) in [5.74, 6) is 1.33. The average molecular weight is 249 g/mol. The van der Waals surface area contributed by atoms with E-state index in [0.29, 0.717) is 12.0 Å². The summed E-state index contributed by atoms with van der Waals surface area (Å²) in [6.45, 7) is 5.83. The topological polar surface area (TPSA) is 47.0 Å². The first-order valence-electron chi connectivity index (χ1n) is 6.93. The largest absolute Gasteiger partial charge is 0.376 e. The van der Waals surface area contributed by atoms with E-state index in [-0.39, 0.29) is 0 Å². The van der Waals surface area contributed by atoms with Crippen molar-refractivity contribution in [2.45, 2.75) is 51.6 Å². The van der Waals surface area contributed by atoms with Gasteiger partial charge in [0.1, 0.15) is 12.1 Å². The van der Waals surface area contributed by atoms with Crippen molar-refractivity contribution in [2.24, 2.45) is 0 Å². The van der Waals surface area contributed by atoms with E-state index >= 15 is 0 Å². The molecule has 4 nitrogen and oxygen atoms in total. The molecule has 1 saturated carbocycles. The predicted molar refractivity (Wildman–Crippen MR) is 72.8 cm³/mol. The Morgan fingerprint density at radius 1 is 1.33 bits per heavy atom. The van der Waals surface area contributed by atoms with Gasteiger partial charge in [-0.1, -0.05) is 26.7 Å². The molecule has 1 aromatic rings. The molecule has 1 heterocycles. The second-order valence-corrected chi connectivity index (χ2v) is 5.19. The first-order valence-corrected chi connectivity index (χ1v) is 6.93. The highest BCUT2D eigenvalue weighted by Gasteiger charge is 2.14. The Morgan fingerprint density at radius 3 is 2.83 bits per heavy atom. The first kappa shape index (κ1) is 13.3. The molecule has 0 amide bonds. The molecular weight excluding hydrogens is 226 g/mol. The molecule has 0 aromatic carbocycles. The summed E-state index contributed by atoms with van der Waals surface area (Å²) in [5.41, 5.74) is 1.07. The fourth-order valence-electron chi connectivity index (χ4n) is 2.24. The Balaban J connectivity index is 1.70. The van der Waals surface area contributed by atoms with E-state index in [1.165, 1.54) is 25.7 Å². The molecule has 0 bridgehead atoms. The normalized spacial score (nSPS) is 16.4. The van der Waals surface area contributed by atoms with E-state index in [4.69, 9.17) is 4.74 Å². The van der Waals surface area contributed by atoms with Crippen LogP contribution in [0.25, 0.3) is 0 Å². The summed E-state index contributed by atoms with van der Waals surface area (Å²) < 4.78 is 5.80. The highest BCUT2D eigenvalue weighted by molar-refractivity contribution is 5.35. The molecular formula is C14H23N3O. The summed E-state index contributed by atoms with van der Waals surface area (Å²) in [7, 11) is 0. The minimum absolute atomic E-state index is 0.434. The van der Waals surface area contributed by atoms with Crippen molar-refractivity contribution in [2.75, 3.05) is 18.5 Å². The quantitative estimate of drug-likeness (QED) is 0.787. The molecule has 2 rings (SSSR count). The van der Waals surface area contributed by atoms with E-state index in [1.54, 1.807) is 6.33 Å². The Kier molecular flexibility index (Phi) is 4.93. The van der Waals surface area contributed by atoms with Crippen LogP contribution in [0.5, 0.6) is 0 Å². The smallest absolute Gasteiger partial charge is 0.129 e. The van der Waals surface area contributed by atoms with E-state index in [9.17, 15) is 0 Å². The molecule has 0 aliphatic heterocycles. The number of ether oxygens (including phenoxy) is 1. The fraction of sp³-hybridized carbons (Fsp3) is 0.714. The number of aromatic nitrogens is 2. The zero-order valence-electron chi connectivity index (χ0n) is 11.4. The SMILES string of the molecule is CC(C)c1cc(NCCOC2CCCC2)ncn1. The molecule has 100 valence electrons. The minimum atomic E-state index is 0.434. The monoisotopic (exact) mass is 249 g/mol. The van der Waals surface area contributed by atoms with Gasteiger partial charge in [0.25, 0.3) is 0 Å². The third-order valence-corrected chi connectivity index (χ3v) is 3.34. The van der Waals surface area contributed by atoms with Crippen LogP contribution in [0, 0.1) is 0 Å². The first-order chi connectivity index (χ1) is 8.75. The van der Waals surface area contributed by atoms with Gasteiger partial charge in [0.15, 0.2) is 0 Å². The Bertz CT molecular complexity index is 362. The third kappa shape index (κ3) is 3.95. The van der Waals surface area contributed by atoms with E-state index in [0.717, 1.165) is 24.7 Å². The van der Waals surface area contributed by atoms with Gasteiger partial charge < -0.3 is 10.1 Å². The third-order valence-electron chi connectivity index (χ3n) is 3.34. The summed E-state index contributed by atoms with van der Waals surface area (Å²) in [4.78, 5) is 8.46. The van der Waals surface area contributed by atoms with Crippen molar-refractivity contribution < 1.29 is 4.74 Å². The van der Waals surface area contributed by atoms with Crippen LogP contribution in [0.4, 0.5) is 5.82 Å². The van der Waals surface area contributed by atoms with Gasteiger partial charge in [-0.05, 0) is 18.8 Å². The summed E-state index contributed by atoms with van der Waals surface area (Å²) in [5, 5.41) is 3.29. The van der Waals surface area contributed by atoms with Crippen LogP contribution in [-0.4, -0.2) is 29.2 Å². The minimum Gasteiger partial charge on any atom is -0.376 e. The van der Waals surface area contributed by atoms with Gasteiger partial charge >= 0.3 is 0 Å². The molecule has 0 radical (unpaired) electrons. The number of anilines is 1. The van der Waals surface area contributed by atoms with Crippen molar-refractivity contribution in [3.05, 3.63) is 18.1 Å². The number of hydrogen-bond donors (Lipinski definition) is 1. The fourth-order valence-corrected chi connectivity index (χ4v) is 2.24. The Morgan fingerprint density at radius 2 is 2.11 bits per heavy atom. The zero-order chi connectivity index (χ0) is 12.8. The molecule has 1 N–H and O–H groups in total. The Labute approximate surface area is 109 Å². The molecule has 0 atom stereocenters. The molecule has 1 fully saturated rings. The zero-order valence-corrected chi connectivity index (χ0v) is 11.4. The number of rotatable bonds is 6. The second-order valence-electron chi connectivity index (χ2n) is 5.19. The molecule has 4 heteroatoms. The van der Waals surface area contributed by atoms with Crippen molar-refractivity contribution in [3.8, 4) is 0 Å². The summed E-state index contributed by atoms with van der Waals surface area (Å²) in [6, 6.07) is 2.01. The van der Waals surface area contributed by atoms with Crippen LogP contribution >= 0.6 is 0 Å². The van der Waals surface area contributed by atoms with Crippen LogP contribution in [0.1, 0.15) is 51.1 Å². The van der Waals surface area contributed by atoms with Crippen molar-refractivity contribution in [3.63, 3.8) is 0 Å². The lowest BCUT2D eigenvalue weighted by Crippen LogP contribution is -2.16. The van der Waals surface area contributed by atoms with Gasteiger partial charge in [-0.3, -0.25) is 0 Å². The summed E-state index contributed by atoms with van der Waals surface area (Å²) in [6.07, 6.45) is 7.21. The molecule has 1 aromatic heterocycles. The lowest BCUT2D eigenvalue weighted by Gasteiger charge is -2.12. The average Bonchev–Trinajstić information content (AvgIpc) is 2.88. The molecule has 0 unspecified atom stereocenters. The Hall–Kier alpha value is -1.16. The van der Waals surface area contributed by atoms with E-state index in [1.807, 2.05) is 6.07 Å². The number of nitrogens with zero attached hydrogens (tertiary/aromatic N) is 2. The maximum Gasteiger partial charge on any atom is 0.129 e. The van der Waals surface area contributed by atoms with Crippen LogP contribution in [0.2, 0.25) is 0 Å². The van der Waals surface area contributed by atoms with Gasteiger partial charge in [0, 0.05) is 18.3 Å². The van der Waals surface area contributed by atoms with Crippen LogP contribution < -0.4 is 5.32 Å². The lowest BCUT2D eigenvalue weighted by molar-refractivity contribution is 0.0658. The van der Waals surface area contributed by atoms with Crippen LogP contribution in [-0.2, 0) is 4.74 Å². The van der Waals surface area contributed by atoms with Gasteiger partial charge in [-0.15, -0.1) is 0 Å². The van der Waals surface area contributed by atoms with Crippen molar-refractivity contribution >= 4 is 5.82 Å². The second kappa shape index (κ2) is 6.69.